The molecule has 1 saturated heterocycles. The third-order valence-corrected chi connectivity index (χ3v) is 6.31. The number of fused-ring (bicyclic) bond motifs is 3. The SMILES string of the molecule is COc1cc2c(cc1OC)-c1cc(OC)c(OC)cc1C(CN1C(=O)CC[C@H]1C=O)C2. The molecule has 7 nitrogen and oxygen atoms in total. The average molecular weight is 425 g/mol. The van der Waals surface area contributed by atoms with Crippen molar-refractivity contribution in [2.75, 3.05) is 35.0 Å². The van der Waals surface area contributed by atoms with Crippen molar-refractivity contribution >= 4 is 12.2 Å². The summed E-state index contributed by atoms with van der Waals surface area (Å²) in [5, 5.41) is 0. The summed E-state index contributed by atoms with van der Waals surface area (Å²) in [5.74, 6) is 2.60. The minimum absolute atomic E-state index is 0.00454. The van der Waals surface area contributed by atoms with Gasteiger partial charge in [0.15, 0.2) is 23.0 Å². The van der Waals surface area contributed by atoms with Gasteiger partial charge in [-0.2, -0.15) is 0 Å². The normalized spacial score (nSPS) is 19.5. The van der Waals surface area contributed by atoms with Crippen molar-refractivity contribution in [1.82, 2.24) is 4.90 Å². The second-order valence-electron chi connectivity index (χ2n) is 7.85. The molecule has 2 aromatic rings. The summed E-state index contributed by atoms with van der Waals surface area (Å²) in [6, 6.07) is 7.56. The van der Waals surface area contributed by atoms with Gasteiger partial charge in [-0.1, -0.05) is 0 Å². The Balaban J connectivity index is 1.85. The van der Waals surface area contributed by atoms with Gasteiger partial charge in [0, 0.05) is 18.9 Å². The lowest BCUT2D eigenvalue weighted by Crippen LogP contribution is -2.38. The number of methoxy groups -OCH3 is 4. The third-order valence-electron chi connectivity index (χ3n) is 6.31. The van der Waals surface area contributed by atoms with Crippen molar-refractivity contribution in [2.24, 2.45) is 0 Å². The van der Waals surface area contributed by atoms with E-state index in [1.54, 1.807) is 33.3 Å². The van der Waals surface area contributed by atoms with Crippen molar-refractivity contribution in [1.29, 1.82) is 0 Å². The van der Waals surface area contributed by atoms with Crippen LogP contribution in [0.2, 0.25) is 0 Å². The highest BCUT2D eigenvalue weighted by Gasteiger charge is 2.36. The van der Waals surface area contributed by atoms with Crippen LogP contribution in [-0.2, 0) is 16.0 Å². The van der Waals surface area contributed by atoms with Crippen LogP contribution >= 0.6 is 0 Å². The zero-order valence-electron chi connectivity index (χ0n) is 18.3. The number of amides is 1. The van der Waals surface area contributed by atoms with Gasteiger partial charge in [-0.05, 0) is 59.4 Å². The molecule has 7 heteroatoms. The number of hydrogen-bond acceptors (Lipinski definition) is 6. The zero-order chi connectivity index (χ0) is 22.1. The van der Waals surface area contributed by atoms with Crippen LogP contribution in [0.15, 0.2) is 24.3 Å². The quantitative estimate of drug-likeness (QED) is 0.634. The number of likely N-dealkylation sites (tertiary alicyclic amines) is 1. The molecule has 1 fully saturated rings. The number of carbonyl (C=O) groups is 2. The fourth-order valence-electron chi connectivity index (χ4n) is 4.72. The first-order chi connectivity index (χ1) is 15.0. The van der Waals surface area contributed by atoms with Gasteiger partial charge in [0.2, 0.25) is 5.91 Å². The number of hydrogen-bond donors (Lipinski definition) is 0. The van der Waals surface area contributed by atoms with Gasteiger partial charge < -0.3 is 28.6 Å². The molecule has 0 aromatic heterocycles. The lowest BCUT2D eigenvalue weighted by atomic mass is 9.78. The summed E-state index contributed by atoms with van der Waals surface area (Å²) in [6.45, 7) is 0.471. The highest BCUT2D eigenvalue weighted by Crippen LogP contribution is 2.48. The predicted molar refractivity (Wildman–Crippen MR) is 115 cm³/mol. The van der Waals surface area contributed by atoms with Crippen LogP contribution in [-0.4, -0.2) is 58.1 Å². The first-order valence-corrected chi connectivity index (χ1v) is 10.3. The second-order valence-corrected chi connectivity index (χ2v) is 7.85. The Morgan fingerprint density at radius 2 is 1.48 bits per heavy atom. The van der Waals surface area contributed by atoms with Gasteiger partial charge in [0.25, 0.3) is 0 Å². The van der Waals surface area contributed by atoms with Crippen LogP contribution in [0.3, 0.4) is 0 Å². The molecule has 0 saturated carbocycles. The summed E-state index contributed by atoms with van der Waals surface area (Å²) in [6.07, 6.45) is 2.57. The van der Waals surface area contributed by atoms with Gasteiger partial charge in [-0.25, -0.2) is 0 Å². The van der Waals surface area contributed by atoms with Crippen molar-refractivity contribution < 1.29 is 28.5 Å². The summed E-state index contributed by atoms with van der Waals surface area (Å²) >= 11 is 0. The maximum absolute atomic E-state index is 12.5. The summed E-state index contributed by atoms with van der Waals surface area (Å²) in [5.41, 5.74) is 4.18. The molecule has 1 amide bonds. The lowest BCUT2D eigenvalue weighted by molar-refractivity contribution is -0.131. The molecule has 31 heavy (non-hydrogen) atoms. The van der Waals surface area contributed by atoms with E-state index in [4.69, 9.17) is 18.9 Å². The topological polar surface area (TPSA) is 74.3 Å². The van der Waals surface area contributed by atoms with Crippen molar-refractivity contribution in [2.45, 2.75) is 31.2 Å². The second kappa shape index (κ2) is 8.49. The van der Waals surface area contributed by atoms with E-state index in [0.29, 0.717) is 48.8 Å². The summed E-state index contributed by atoms with van der Waals surface area (Å²) < 4.78 is 22.1. The maximum Gasteiger partial charge on any atom is 0.223 e. The van der Waals surface area contributed by atoms with E-state index in [-0.39, 0.29) is 17.9 Å². The fourth-order valence-corrected chi connectivity index (χ4v) is 4.72. The molecular weight excluding hydrogens is 398 g/mol. The van der Waals surface area contributed by atoms with Crippen molar-refractivity contribution in [3.63, 3.8) is 0 Å². The molecule has 164 valence electrons. The first kappa shape index (κ1) is 21.0. The molecule has 2 aliphatic rings. The van der Waals surface area contributed by atoms with E-state index in [1.807, 2.05) is 24.3 Å². The number of carbonyl (C=O) groups excluding carboxylic acids is 2. The monoisotopic (exact) mass is 425 g/mol. The highest BCUT2D eigenvalue weighted by atomic mass is 16.5. The molecule has 0 spiro atoms. The predicted octanol–water partition coefficient (Wildman–Crippen LogP) is 3.22. The molecule has 2 aromatic carbocycles. The molecule has 0 bridgehead atoms. The average Bonchev–Trinajstić information content (AvgIpc) is 3.16. The number of aldehydes is 1. The third kappa shape index (κ3) is 3.58. The number of ether oxygens (including phenoxy) is 4. The van der Waals surface area contributed by atoms with Gasteiger partial charge >= 0.3 is 0 Å². The molecule has 2 atom stereocenters. The van der Waals surface area contributed by atoms with E-state index in [2.05, 4.69) is 0 Å². The maximum atomic E-state index is 12.5. The largest absolute Gasteiger partial charge is 0.493 e. The molecule has 1 unspecified atom stereocenters. The molecule has 0 radical (unpaired) electrons. The Hall–Kier alpha value is -3.22. The van der Waals surface area contributed by atoms with Crippen molar-refractivity contribution in [3.8, 4) is 34.1 Å². The summed E-state index contributed by atoms with van der Waals surface area (Å²) in [4.78, 5) is 25.7. The fraction of sp³-hybridized carbons (Fsp3) is 0.417. The molecule has 0 N–H and O–H groups in total. The molecule has 1 aliphatic heterocycles. The van der Waals surface area contributed by atoms with E-state index < -0.39 is 0 Å². The minimum Gasteiger partial charge on any atom is -0.493 e. The number of rotatable bonds is 7. The Labute approximate surface area is 181 Å². The Morgan fingerprint density at radius 1 is 0.903 bits per heavy atom. The van der Waals surface area contributed by atoms with Crippen LogP contribution < -0.4 is 18.9 Å². The highest BCUT2D eigenvalue weighted by molar-refractivity contribution is 5.84. The van der Waals surface area contributed by atoms with Crippen LogP contribution in [0.5, 0.6) is 23.0 Å². The van der Waals surface area contributed by atoms with E-state index >= 15 is 0 Å². The molecule has 1 aliphatic carbocycles. The van der Waals surface area contributed by atoms with E-state index in [9.17, 15) is 9.59 Å². The molecular formula is C24H27NO6. The number of benzene rings is 2. The van der Waals surface area contributed by atoms with Crippen molar-refractivity contribution in [3.05, 3.63) is 35.4 Å². The minimum atomic E-state index is -0.358. The standard InChI is InChI=1S/C24H27NO6/c1-28-20-8-14-7-15(12-25-16(13-26)5-6-24(25)27)18-10-22(30-3)23(31-4)11-19(18)17(14)9-21(20)29-2/h8-11,13,15-16H,5-7,12H2,1-4H3/t15?,16-/m0/s1. The summed E-state index contributed by atoms with van der Waals surface area (Å²) in [7, 11) is 6.45. The van der Waals surface area contributed by atoms with Gasteiger partial charge in [-0.15, -0.1) is 0 Å². The molecule has 4 rings (SSSR count). The Kier molecular flexibility index (Phi) is 5.76. The van der Waals surface area contributed by atoms with Crippen LogP contribution in [0.4, 0.5) is 0 Å². The van der Waals surface area contributed by atoms with E-state index in [0.717, 1.165) is 28.5 Å². The molecule has 1 heterocycles. The lowest BCUT2D eigenvalue weighted by Gasteiger charge is -2.33. The number of nitrogens with zero attached hydrogens (tertiary/aromatic N) is 1. The zero-order valence-corrected chi connectivity index (χ0v) is 18.3. The van der Waals surface area contributed by atoms with Gasteiger partial charge in [0.1, 0.15) is 6.29 Å². The van der Waals surface area contributed by atoms with Crippen LogP contribution in [0.25, 0.3) is 11.1 Å². The van der Waals surface area contributed by atoms with Crippen LogP contribution in [0.1, 0.15) is 29.9 Å². The Morgan fingerprint density at radius 3 is 2.10 bits per heavy atom. The smallest absolute Gasteiger partial charge is 0.223 e. The van der Waals surface area contributed by atoms with E-state index in [1.165, 1.54) is 0 Å². The van der Waals surface area contributed by atoms with Gasteiger partial charge in [0.05, 0.1) is 34.5 Å². The van der Waals surface area contributed by atoms with Gasteiger partial charge in [-0.3, -0.25) is 4.79 Å². The first-order valence-electron chi connectivity index (χ1n) is 10.3. The Bertz CT molecular complexity index is 1020. The van der Waals surface area contributed by atoms with Crippen LogP contribution in [0, 0.1) is 0 Å².